The molecule has 2 N–H and O–H groups in total. The van der Waals surface area contributed by atoms with Crippen LogP contribution in [0.15, 0.2) is 36.4 Å². The fourth-order valence-corrected chi connectivity index (χ4v) is 4.70. The number of hydrogen-bond donors (Lipinski definition) is 2. The molecule has 2 heterocycles. The third-order valence-electron chi connectivity index (χ3n) is 6.31. The second kappa shape index (κ2) is 10.3. The van der Waals surface area contributed by atoms with Gasteiger partial charge in [0.1, 0.15) is 22.9 Å². The van der Waals surface area contributed by atoms with E-state index in [2.05, 4.69) is 17.1 Å². The van der Waals surface area contributed by atoms with Crippen molar-refractivity contribution in [2.24, 2.45) is 0 Å². The van der Waals surface area contributed by atoms with Crippen LogP contribution in [0.5, 0.6) is 11.5 Å². The number of ether oxygens (including phenoxy) is 2. The Morgan fingerprint density at radius 3 is 2.56 bits per heavy atom. The number of carbonyl (C=O) groups is 1. The van der Waals surface area contributed by atoms with E-state index in [0.717, 1.165) is 47.3 Å². The molecule has 180 valence electrons. The van der Waals surface area contributed by atoms with Crippen molar-refractivity contribution in [3.8, 4) is 22.8 Å². The molecular formula is C27H33N3O4. The Bertz CT molecular complexity index is 1130. The molecule has 0 spiro atoms. The quantitative estimate of drug-likeness (QED) is 0.406. The number of benzene rings is 2. The summed E-state index contributed by atoms with van der Waals surface area (Å²) in [4.78, 5) is 15.1. The Labute approximate surface area is 200 Å². The summed E-state index contributed by atoms with van der Waals surface area (Å²) in [6.45, 7) is 7.61. The Hall–Kier alpha value is -3.32. The summed E-state index contributed by atoms with van der Waals surface area (Å²) in [5, 5.41) is 18.2. The van der Waals surface area contributed by atoms with Crippen molar-refractivity contribution in [3.63, 3.8) is 0 Å². The minimum atomic E-state index is -0.347. The molecule has 0 bridgehead atoms. The number of unbranched alkanes of at least 4 members (excludes halogenated alkanes) is 2. The molecule has 0 saturated heterocycles. The van der Waals surface area contributed by atoms with Crippen LogP contribution in [0.3, 0.4) is 0 Å². The van der Waals surface area contributed by atoms with Gasteiger partial charge in [-0.15, -0.1) is 0 Å². The average Bonchev–Trinajstić information content (AvgIpc) is 3.34. The normalized spacial score (nSPS) is 15.1. The molecule has 4 rings (SSSR count). The maximum atomic E-state index is 13.3. The number of aryl methyl sites for hydroxylation is 2. The lowest BCUT2D eigenvalue weighted by Crippen LogP contribution is -2.32. The highest BCUT2D eigenvalue weighted by Gasteiger charge is 2.42. The highest BCUT2D eigenvalue weighted by atomic mass is 16.5. The fourth-order valence-electron chi connectivity index (χ4n) is 4.70. The zero-order chi connectivity index (χ0) is 24.2. The van der Waals surface area contributed by atoms with Gasteiger partial charge in [0.25, 0.3) is 5.91 Å². The third-order valence-corrected chi connectivity index (χ3v) is 6.31. The summed E-state index contributed by atoms with van der Waals surface area (Å²) < 4.78 is 11.2. The van der Waals surface area contributed by atoms with Crippen LogP contribution >= 0.6 is 0 Å². The van der Waals surface area contributed by atoms with E-state index in [-0.39, 0.29) is 17.7 Å². The molecule has 1 aliphatic rings. The van der Waals surface area contributed by atoms with E-state index in [0.29, 0.717) is 36.7 Å². The minimum absolute atomic E-state index is 0.125. The molecule has 1 aliphatic heterocycles. The maximum Gasteiger partial charge on any atom is 0.273 e. The molecule has 34 heavy (non-hydrogen) atoms. The summed E-state index contributed by atoms with van der Waals surface area (Å²) in [7, 11) is 1.63. The molecule has 1 aromatic heterocycles. The lowest BCUT2D eigenvalue weighted by Gasteiger charge is -2.26. The van der Waals surface area contributed by atoms with Crippen molar-refractivity contribution >= 4 is 5.91 Å². The van der Waals surface area contributed by atoms with Crippen molar-refractivity contribution in [1.82, 2.24) is 15.1 Å². The van der Waals surface area contributed by atoms with Gasteiger partial charge >= 0.3 is 0 Å². The smallest absolute Gasteiger partial charge is 0.273 e. The zero-order valence-corrected chi connectivity index (χ0v) is 20.4. The number of phenolic OH excluding ortho intramolecular Hbond substituents is 1. The van der Waals surface area contributed by atoms with E-state index in [9.17, 15) is 9.90 Å². The molecular weight excluding hydrogens is 430 g/mol. The number of hydrogen-bond acceptors (Lipinski definition) is 5. The summed E-state index contributed by atoms with van der Waals surface area (Å²) in [5.41, 5.74) is 5.30. The molecule has 3 aromatic rings. The monoisotopic (exact) mass is 463 g/mol. The number of fused-ring (bicyclic) bond motifs is 1. The van der Waals surface area contributed by atoms with Crippen LogP contribution in [0, 0.1) is 13.8 Å². The second-order valence-electron chi connectivity index (χ2n) is 8.86. The molecule has 7 heteroatoms. The van der Waals surface area contributed by atoms with Crippen molar-refractivity contribution < 1.29 is 19.4 Å². The molecule has 0 saturated carbocycles. The van der Waals surface area contributed by atoms with Crippen LogP contribution in [0.25, 0.3) is 11.3 Å². The number of H-pyrrole nitrogens is 1. The number of aromatic amines is 1. The minimum Gasteiger partial charge on any atom is -0.507 e. The lowest BCUT2D eigenvalue weighted by atomic mass is 9.93. The van der Waals surface area contributed by atoms with Gasteiger partial charge in [-0.05, 0) is 55.2 Å². The predicted molar refractivity (Wildman–Crippen MR) is 131 cm³/mol. The van der Waals surface area contributed by atoms with Gasteiger partial charge in [-0.3, -0.25) is 9.89 Å². The Kier molecular flexibility index (Phi) is 7.22. The van der Waals surface area contributed by atoms with Crippen molar-refractivity contribution in [2.45, 2.75) is 46.1 Å². The first-order chi connectivity index (χ1) is 16.5. The van der Waals surface area contributed by atoms with Gasteiger partial charge in [0.05, 0.1) is 19.3 Å². The van der Waals surface area contributed by atoms with Crippen LogP contribution in [-0.2, 0) is 4.74 Å². The maximum absolute atomic E-state index is 13.3. The molecule has 1 atom stereocenters. The highest BCUT2D eigenvalue weighted by Crippen LogP contribution is 2.45. The van der Waals surface area contributed by atoms with Crippen LogP contribution in [0.1, 0.15) is 65.0 Å². The van der Waals surface area contributed by atoms with Crippen LogP contribution in [-0.4, -0.2) is 53.0 Å². The summed E-state index contributed by atoms with van der Waals surface area (Å²) >= 11 is 0. The topological polar surface area (TPSA) is 87.7 Å². The molecule has 7 nitrogen and oxygen atoms in total. The van der Waals surface area contributed by atoms with E-state index in [4.69, 9.17) is 9.47 Å². The largest absolute Gasteiger partial charge is 0.507 e. The lowest BCUT2D eigenvalue weighted by molar-refractivity contribution is 0.0677. The second-order valence-corrected chi connectivity index (χ2v) is 8.86. The highest BCUT2D eigenvalue weighted by molar-refractivity contribution is 6.00. The summed E-state index contributed by atoms with van der Waals surface area (Å²) in [6.07, 6.45) is 3.33. The van der Waals surface area contributed by atoms with Crippen LogP contribution < -0.4 is 4.74 Å². The number of nitrogens with one attached hydrogen (secondary N) is 1. The zero-order valence-electron chi connectivity index (χ0n) is 20.4. The first kappa shape index (κ1) is 23.8. The van der Waals surface area contributed by atoms with Gasteiger partial charge in [-0.1, -0.05) is 38.0 Å². The van der Waals surface area contributed by atoms with Crippen molar-refractivity contribution in [3.05, 3.63) is 64.3 Å². The summed E-state index contributed by atoms with van der Waals surface area (Å²) in [5.74, 6) is 0.844. The number of rotatable bonds is 10. The van der Waals surface area contributed by atoms with Crippen molar-refractivity contribution in [1.29, 1.82) is 0 Å². The number of aromatic hydroxyl groups is 1. The number of carbonyl (C=O) groups excluding carboxylic acids is 1. The van der Waals surface area contributed by atoms with Gasteiger partial charge in [-0.2, -0.15) is 5.10 Å². The van der Waals surface area contributed by atoms with Gasteiger partial charge < -0.3 is 19.5 Å². The van der Waals surface area contributed by atoms with E-state index in [1.165, 1.54) is 0 Å². The average molecular weight is 464 g/mol. The predicted octanol–water partition coefficient (Wildman–Crippen LogP) is 5.16. The molecule has 1 unspecified atom stereocenters. The number of aromatic nitrogens is 2. The third kappa shape index (κ3) is 4.53. The van der Waals surface area contributed by atoms with Gasteiger partial charge in [0.2, 0.25) is 0 Å². The Morgan fingerprint density at radius 1 is 1.12 bits per heavy atom. The van der Waals surface area contributed by atoms with Gasteiger partial charge in [-0.25, -0.2) is 0 Å². The number of phenols is 1. The fraction of sp³-hybridized carbons (Fsp3) is 0.407. The van der Waals surface area contributed by atoms with E-state index >= 15 is 0 Å². The standard InChI is InChI=1S/C27H33N3O4/c1-5-6-7-13-34-20-10-8-19(9-11-20)26-23-24(22-18(3)15-17(2)16-21(22)31)28-29-25(23)27(32)30(26)12-14-33-4/h8-11,15-16,26,31H,5-7,12-14H2,1-4H3,(H,28,29). The number of nitrogens with zero attached hydrogens (tertiary/aromatic N) is 2. The van der Waals surface area contributed by atoms with Crippen molar-refractivity contribution in [2.75, 3.05) is 26.9 Å². The van der Waals surface area contributed by atoms with E-state index in [1.807, 2.05) is 44.2 Å². The summed E-state index contributed by atoms with van der Waals surface area (Å²) in [6, 6.07) is 11.3. The van der Waals surface area contributed by atoms with Gasteiger partial charge in [0.15, 0.2) is 0 Å². The first-order valence-corrected chi connectivity index (χ1v) is 11.9. The van der Waals surface area contributed by atoms with E-state index in [1.54, 1.807) is 18.1 Å². The molecule has 2 aromatic carbocycles. The van der Waals surface area contributed by atoms with Crippen LogP contribution in [0.2, 0.25) is 0 Å². The van der Waals surface area contributed by atoms with Crippen LogP contribution in [0.4, 0.5) is 0 Å². The molecule has 0 radical (unpaired) electrons. The number of methoxy groups -OCH3 is 1. The SMILES string of the molecule is CCCCCOc1ccc(C2c3c(-c4c(C)cc(C)cc4O)n[nH]c3C(=O)N2CCOC)cc1. The molecule has 0 fully saturated rings. The Morgan fingerprint density at radius 2 is 1.88 bits per heavy atom. The van der Waals surface area contributed by atoms with Gasteiger partial charge in [0, 0.05) is 24.8 Å². The Balaban J connectivity index is 1.74. The molecule has 0 aliphatic carbocycles. The molecule has 1 amide bonds. The number of amides is 1. The van der Waals surface area contributed by atoms with E-state index < -0.39 is 0 Å². The first-order valence-electron chi connectivity index (χ1n) is 11.9.